The van der Waals surface area contributed by atoms with Crippen molar-refractivity contribution in [3.63, 3.8) is 0 Å². The summed E-state index contributed by atoms with van der Waals surface area (Å²) in [6.45, 7) is 6.00. The van der Waals surface area contributed by atoms with Crippen molar-refractivity contribution in [3.05, 3.63) is 81.9 Å². The molecule has 2 heterocycles. The number of hydrogen-bond donors (Lipinski definition) is 2. The molecular formula is C24H23N3O4S. The van der Waals surface area contributed by atoms with Crippen molar-refractivity contribution < 1.29 is 14.6 Å². The molecule has 2 aromatic heterocycles. The molecule has 0 bridgehead atoms. The number of aromatic nitrogens is 3. The van der Waals surface area contributed by atoms with E-state index in [0.29, 0.717) is 22.5 Å². The fourth-order valence-corrected chi connectivity index (χ4v) is 4.87. The molecule has 164 valence electrons. The third-order valence-corrected chi connectivity index (χ3v) is 6.59. The summed E-state index contributed by atoms with van der Waals surface area (Å²) in [4.78, 5) is 32.2. The van der Waals surface area contributed by atoms with Gasteiger partial charge >= 0.3 is 11.7 Å². The van der Waals surface area contributed by atoms with Gasteiger partial charge in [0.2, 0.25) is 0 Å². The lowest BCUT2D eigenvalue weighted by Crippen LogP contribution is -2.16. The molecule has 0 fully saturated rings. The highest BCUT2D eigenvalue weighted by molar-refractivity contribution is 8.00. The lowest BCUT2D eigenvalue weighted by molar-refractivity contribution is 0.0690. The van der Waals surface area contributed by atoms with Gasteiger partial charge in [0.15, 0.2) is 11.3 Å². The zero-order valence-corrected chi connectivity index (χ0v) is 19.0. The maximum atomic E-state index is 12.8. The zero-order chi connectivity index (χ0) is 23.0. The van der Waals surface area contributed by atoms with Crippen molar-refractivity contribution in [1.29, 1.82) is 0 Å². The Hall–Kier alpha value is -3.52. The number of aryl methyl sites for hydroxylation is 1. The number of imidazole rings is 1. The van der Waals surface area contributed by atoms with E-state index in [4.69, 9.17) is 4.74 Å². The molecule has 0 spiro atoms. The van der Waals surface area contributed by atoms with E-state index < -0.39 is 5.97 Å². The number of carboxylic acid groups (broad SMARTS) is 1. The Morgan fingerprint density at radius 1 is 1.16 bits per heavy atom. The van der Waals surface area contributed by atoms with Gasteiger partial charge in [-0.1, -0.05) is 30.3 Å². The average molecular weight is 450 g/mol. The SMILES string of the molecule is COc1ccc(-n2c(=O)[nH]c3c(C)cc(C(=O)O)nc32)cc1SC(C)(C)c1ccccc1. The minimum absolute atomic E-state index is 0.115. The van der Waals surface area contributed by atoms with Gasteiger partial charge in [-0.15, -0.1) is 11.8 Å². The molecule has 0 aliphatic rings. The number of methoxy groups -OCH3 is 1. The van der Waals surface area contributed by atoms with E-state index in [1.165, 1.54) is 10.6 Å². The Kier molecular flexibility index (Phi) is 5.56. The van der Waals surface area contributed by atoms with Crippen LogP contribution in [0.4, 0.5) is 0 Å². The summed E-state index contributed by atoms with van der Waals surface area (Å²) in [5.74, 6) is -0.461. The summed E-state index contributed by atoms with van der Waals surface area (Å²) in [6, 6.07) is 17.0. The normalized spacial score (nSPS) is 11.6. The van der Waals surface area contributed by atoms with Gasteiger partial charge in [0, 0.05) is 4.75 Å². The maximum Gasteiger partial charge on any atom is 0.354 e. The van der Waals surface area contributed by atoms with Gasteiger partial charge in [0.25, 0.3) is 0 Å². The molecule has 4 rings (SSSR count). The van der Waals surface area contributed by atoms with Gasteiger partial charge in [0.05, 0.1) is 23.2 Å². The lowest BCUT2D eigenvalue weighted by Gasteiger charge is -2.26. The highest BCUT2D eigenvalue weighted by Crippen LogP contribution is 2.45. The second-order valence-corrected chi connectivity index (χ2v) is 9.57. The van der Waals surface area contributed by atoms with Gasteiger partial charge in [-0.3, -0.25) is 0 Å². The van der Waals surface area contributed by atoms with Crippen LogP contribution in [-0.2, 0) is 4.75 Å². The molecule has 8 heteroatoms. The molecular weight excluding hydrogens is 426 g/mol. The number of nitrogens with one attached hydrogen (secondary N) is 1. The van der Waals surface area contributed by atoms with Crippen molar-refractivity contribution in [1.82, 2.24) is 14.5 Å². The summed E-state index contributed by atoms with van der Waals surface area (Å²) in [5.41, 5.74) is 2.65. The average Bonchev–Trinajstić information content (AvgIpc) is 3.10. The van der Waals surface area contributed by atoms with Gasteiger partial charge in [0.1, 0.15) is 5.75 Å². The summed E-state index contributed by atoms with van der Waals surface area (Å²) in [7, 11) is 1.61. The van der Waals surface area contributed by atoms with Crippen LogP contribution in [0.1, 0.15) is 35.5 Å². The van der Waals surface area contributed by atoms with E-state index >= 15 is 0 Å². The van der Waals surface area contributed by atoms with Crippen LogP contribution >= 0.6 is 11.8 Å². The maximum absolute atomic E-state index is 12.8. The standard InChI is InChI=1S/C24H23N3O4S/c1-14-12-17(22(28)29)25-21-20(14)26-23(30)27(21)16-10-11-18(31-4)19(13-16)32-24(2,3)15-8-6-5-7-9-15/h5-13H,1-4H3,(H,26,30)(H,28,29). The summed E-state index contributed by atoms with van der Waals surface area (Å²) < 4.78 is 6.71. The second-order valence-electron chi connectivity index (χ2n) is 7.91. The largest absolute Gasteiger partial charge is 0.496 e. The highest BCUT2D eigenvalue weighted by atomic mass is 32.2. The van der Waals surface area contributed by atoms with E-state index in [1.807, 2.05) is 24.3 Å². The fourth-order valence-electron chi connectivity index (χ4n) is 3.64. The van der Waals surface area contributed by atoms with Crippen molar-refractivity contribution >= 4 is 28.9 Å². The number of benzene rings is 2. The van der Waals surface area contributed by atoms with E-state index in [1.54, 1.807) is 37.9 Å². The number of carbonyl (C=O) groups is 1. The molecule has 2 N–H and O–H groups in total. The number of rotatable bonds is 6. The molecule has 0 aliphatic heterocycles. The quantitative estimate of drug-likeness (QED) is 0.412. The van der Waals surface area contributed by atoms with Crippen molar-refractivity contribution in [2.24, 2.45) is 0 Å². The molecule has 7 nitrogen and oxygen atoms in total. The fraction of sp³-hybridized carbons (Fsp3) is 0.208. The molecule has 0 atom stereocenters. The van der Waals surface area contributed by atoms with E-state index in [2.05, 4.69) is 35.9 Å². The first kappa shape index (κ1) is 21.7. The third-order valence-electron chi connectivity index (χ3n) is 5.30. The van der Waals surface area contributed by atoms with Crippen LogP contribution in [0.15, 0.2) is 64.3 Å². The minimum atomic E-state index is -1.15. The Balaban J connectivity index is 1.86. The molecule has 2 aromatic carbocycles. The topological polar surface area (TPSA) is 97.2 Å². The summed E-state index contributed by atoms with van der Waals surface area (Å²) >= 11 is 1.62. The number of pyridine rings is 1. The predicted molar refractivity (Wildman–Crippen MR) is 125 cm³/mol. The van der Waals surface area contributed by atoms with Crippen molar-refractivity contribution in [2.45, 2.75) is 30.4 Å². The minimum Gasteiger partial charge on any atom is -0.496 e. The summed E-state index contributed by atoms with van der Waals surface area (Å²) in [6.07, 6.45) is 0. The van der Waals surface area contributed by atoms with Gasteiger partial charge in [-0.05, 0) is 56.2 Å². The van der Waals surface area contributed by atoms with E-state index in [-0.39, 0.29) is 21.8 Å². The first-order valence-electron chi connectivity index (χ1n) is 10.00. The molecule has 0 unspecified atom stereocenters. The van der Waals surface area contributed by atoms with Crippen molar-refractivity contribution in [3.8, 4) is 11.4 Å². The van der Waals surface area contributed by atoms with Crippen molar-refractivity contribution in [2.75, 3.05) is 7.11 Å². The molecule has 4 aromatic rings. The van der Waals surface area contributed by atoms with Crippen LogP contribution in [0.3, 0.4) is 0 Å². The van der Waals surface area contributed by atoms with Crippen LogP contribution in [-0.4, -0.2) is 32.7 Å². The van der Waals surface area contributed by atoms with Crippen LogP contribution in [0.25, 0.3) is 16.9 Å². The van der Waals surface area contributed by atoms with Gasteiger partial charge < -0.3 is 14.8 Å². The number of nitrogens with zero attached hydrogens (tertiary/aromatic N) is 2. The number of hydrogen-bond acceptors (Lipinski definition) is 5. The van der Waals surface area contributed by atoms with Crippen LogP contribution < -0.4 is 10.4 Å². The molecule has 32 heavy (non-hydrogen) atoms. The Bertz CT molecular complexity index is 1370. The Labute approximate surface area is 189 Å². The van der Waals surface area contributed by atoms with Crippen LogP contribution in [0, 0.1) is 6.92 Å². The number of H-pyrrole nitrogens is 1. The molecule has 0 amide bonds. The highest BCUT2D eigenvalue weighted by Gasteiger charge is 2.25. The zero-order valence-electron chi connectivity index (χ0n) is 18.2. The monoisotopic (exact) mass is 449 g/mol. The predicted octanol–water partition coefficient (Wildman–Crippen LogP) is 4.76. The van der Waals surface area contributed by atoms with Gasteiger partial charge in [-0.25, -0.2) is 19.1 Å². The number of ether oxygens (including phenoxy) is 1. The second kappa shape index (κ2) is 8.20. The first-order valence-corrected chi connectivity index (χ1v) is 10.8. The third kappa shape index (κ3) is 3.89. The number of carboxylic acids is 1. The molecule has 0 aliphatic carbocycles. The molecule has 0 saturated heterocycles. The Morgan fingerprint density at radius 2 is 1.88 bits per heavy atom. The van der Waals surface area contributed by atoms with Crippen LogP contribution in [0.5, 0.6) is 5.75 Å². The smallest absolute Gasteiger partial charge is 0.354 e. The summed E-state index contributed by atoms with van der Waals surface area (Å²) in [5, 5.41) is 9.41. The number of aromatic amines is 1. The number of thioether (sulfide) groups is 1. The number of aromatic carboxylic acids is 1. The lowest BCUT2D eigenvalue weighted by atomic mass is 10.0. The van der Waals surface area contributed by atoms with Crippen LogP contribution in [0.2, 0.25) is 0 Å². The van der Waals surface area contributed by atoms with E-state index in [9.17, 15) is 14.7 Å². The van der Waals surface area contributed by atoms with Gasteiger partial charge in [-0.2, -0.15) is 0 Å². The van der Waals surface area contributed by atoms with E-state index in [0.717, 1.165) is 10.5 Å². The molecule has 0 saturated carbocycles. The first-order chi connectivity index (χ1) is 15.2. The number of fused-ring (bicyclic) bond motifs is 1. The Morgan fingerprint density at radius 3 is 2.53 bits per heavy atom. The molecule has 0 radical (unpaired) electrons.